The van der Waals surface area contributed by atoms with Crippen molar-refractivity contribution in [1.29, 1.82) is 0 Å². The lowest BCUT2D eigenvalue weighted by Crippen LogP contribution is -2.25. The minimum Gasteiger partial charge on any atom is -0.238 e. The van der Waals surface area contributed by atoms with Crippen molar-refractivity contribution in [1.82, 2.24) is 9.97 Å². The molecule has 0 radical (unpaired) electrons. The molecule has 0 aliphatic heterocycles. The molecule has 0 atom stereocenters. The van der Waals surface area contributed by atoms with Crippen LogP contribution in [0.25, 0.3) is 83.3 Å². The van der Waals surface area contributed by atoms with Gasteiger partial charge in [-0.2, -0.15) is 0 Å². The van der Waals surface area contributed by atoms with Gasteiger partial charge in [-0.15, -0.1) is 0 Å². The normalized spacial score (nSPS) is 12.7. The van der Waals surface area contributed by atoms with Gasteiger partial charge in [0.1, 0.15) is 0 Å². The molecule has 0 bridgehead atoms. The molecule has 1 spiro atoms. The van der Waals surface area contributed by atoms with Crippen LogP contribution in [-0.4, -0.2) is 9.97 Å². The molecular weight excluding hydrogens is 691 g/mol. The Morgan fingerprint density at radius 1 is 0.333 bits per heavy atom. The largest absolute Gasteiger partial charge is 0.238 e. The molecule has 9 aromatic rings. The molecule has 57 heavy (non-hydrogen) atoms. The summed E-state index contributed by atoms with van der Waals surface area (Å²) in [5.41, 5.74) is 19.8. The highest BCUT2D eigenvalue weighted by Crippen LogP contribution is 2.63. The van der Waals surface area contributed by atoms with E-state index < -0.39 is 5.41 Å². The second kappa shape index (κ2) is 13.0. The highest BCUT2D eigenvalue weighted by atomic mass is 14.9. The van der Waals surface area contributed by atoms with Crippen molar-refractivity contribution in [3.05, 3.63) is 234 Å². The van der Waals surface area contributed by atoms with E-state index in [9.17, 15) is 0 Å². The Balaban J connectivity index is 1.05. The Labute approximate surface area is 332 Å². The zero-order valence-electron chi connectivity index (χ0n) is 30.9. The number of fused-ring (bicyclic) bond motifs is 10. The van der Waals surface area contributed by atoms with Crippen LogP contribution in [0.1, 0.15) is 22.3 Å². The van der Waals surface area contributed by atoms with Crippen molar-refractivity contribution in [3.8, 4) is 78.4 Å². The standard InChI is InChI=1S/C54H33N3/c1-55-42-28-25-35(26-29-42)37-15-11-17-40(31-37)52-34-51(36-13-3-2-4-14-36)56-53(57-52)41-18-12-16-38(32-41)39-27-30-46-45-21-7-10-24-49(45)54(50(46)33-39)47-22-8-5-19-43(47)44-20-6-9-23-48(44)54/h2-34H. The van der Waals surface area contributed by atoms with Crippen LogP contribution in [-0.2, 0) is 5.41 Å². The van der Waals surface area contributed by atoms with Crippen LogP contribution in [0.5, 0.6) is 0 Å². The van der Waals surface area contributed by atoms with E-state index in [4.69, 9.17) is 16.5 Å². The zero-order chi connectivity index (χ0) is 37.9. The van der Waals surface area contributed by atoms with Gasteiger partial charge in [0.05, 0.1) is 23.4 Å². The van der Waals surface area contributed by atoms with Gasteiger partial charge in [-0.05, 0) is 91.0 Å². The number of benzene rings is 8. The highest BCUT2D eigenvalue weighted by Gasteiger charge is 2.51. The van der Waals surface area contributed by atoms with Gasteiger partial charge in [0.25, 0.3) is 0 Å². The molecule has 3 heteroatoms. The Kier molecular flexibility index (Phi) is 7.45. The molecular formula is C54H33N3. The fourth-order valence-electron chi connectivity index (χ4n) is 9.18. The van der Waals surface area contributed by atoms with E-state index in [1.807, 2.05) is 42.5 Å². The SMILES string of the molecule is [C-]#[N+]c1ccc(-c2cccc(-c3cc(-c4ccccc4)nc(-c4cccc(-c5ccc6c(c5)C5(c7ccccc7-c7ccccc75)c5ccccc5-6)c4)n3)c2)cc1. The van der Waals surface area contributed by atoms with Crippen LogP contribution in [0.4, 0.5) is 5.69 Å². The molecule has 0 N–H and O–H groups in total. The van der Waals surface area contributed by atoms with Gasteiger partial charge in [-0.25, -0.2) is 14.8 Å². The average Bonchev–Trinajstić information content (AvgIpc) is 3.76. The second-order valence-corrected chi connectivity index (χ2v) is 14.8. The van der Waals surface area contributed by atoms with Crippen molar-refractivity contribution < 1.29 is 0 Å². The Bertz CT molecular complexity index is 3020. The van der Waals surface area contributed by atoms with Gasteiger partial charge in [-0.3, -0.25) is 0 Å². The van der Waals surface area contributed by atoms with E-state index in [1.54, 1.807) is 0 Å². The van der Waals surface area contributed by atoms with Gasteiger partial charge in [0.2, 0.25) is 0 Å². The van der Waals surface area contributed by atoms with E-state index in [1.165, 1.54) is 44.5 Å². The first-order chi connectivity index (χ1) is 28.2. The van der Waals surface area contributed by atoms with Gasteiger partial charge in [0, 0.05) is 16.7 Å². The van der Waals surface area contributed by atoms with Crippen molar-refractivity contribution in [2.45, 2.75) is 5.41 Å². The molecule has 0 saturated heterocycles. The molecule has 3 nitrogen and oxygen atoms in total. The summed E-state index contributed by atoms with van der Waals surface area (Å²) in [7, 11) is 0. The van der Waals surface area contributed by atoms with Crippen LogP contribution in [0.15, 0.2) is 200 Å². The zero-order valence-corrected chi connectivity index (χ0v) is 30.9. The van der Waals surface area contributed by atoms with Crippen LogP contribution >= 0.6 is 0 Å². The van der Waals surface area contributed by atoms with Crippen molar-refractivity contribution in [2.24, 2.45) is 0 Å². The lowest BCUT2D eigenvalue weighted by atomic mass is 9.70. The van der Waals surface area contributed by atoms with Crippen LogP contribution in [0, 0.1) is 6.57 Å². The molecule has 1 heterocycles. The first-order valence-corrected chi connectivity index (χ1v) is 19.3. The summed E-state index contributed by atoms with van der Waals surface area (Å²) < 4.78 is 0. The summed E-state index contributed by atoms with van der Waals surface area (Å²) in [5, 5.41) is 0. The van der Waals surface area contributed by atoms with Crippen molar-refractivity contribution in [2.75, 3.05) is 0 Å². The number of hydrogen-bond donors (Lipinski definition) is 0. The summed E-state index contributed by atoms with van der Waals surface area (Å²) in [6.45, 7) is 7.36. The number of aromatic nitrogens is 2. The summed E-state index contributed by atoms with van der Waals surface area (Å²) in [6.07, 6.45) is 0. The summed E-state index contributed by atoms with van der Waals surface area (Å²) in [4.78, 5) is 14.0. The molecule has 1 aromatic heterocycles. The highest BCUT2D eigenvalue weighted by molar-refractivity contribution is 5.96. The number of rotatable bonds is 5. The summed E-state index contributed by atoms with van der Waals surface area (Å²) >= 11 is 0. The fraction of sp³-hybridized carbons (Fsp3) is 0.0185. The first-order valence-electron chi connectivity index (χ1n) is 19.3. The Hall–Kier alpha value is -7.67. The molecule has 264 valence electrons. The predicted octanol–water partition coefficient (Wildman–Crippen LogP) is 13.7. The Morgan fingerprint density at radius 3 is 1.42 bits per heavy atom. The third kappa shape index (κ3) is 5.12. The number of hydrogen-bond acceptors (Lipinski definition) is 2. The monoisotopic (exact) mass is 723 g/mol. The quantitative estimate of drug-likeness (QED) is 0.166. The lowest BCUT2D eigenvalue weighted by Gasteiger charge is -2.30. The van der Waals surface area contributed by atoms with Crippen molar-refractivity contribution >= 4 is 5.69 Å². The first kappa shape index (κ1) is 32.7. The lowest BCUT2D eigenvalue weighted by molar-refractivity contribution is 0.794. The molecule has 0 saturated carbocycles. The smallest absolute Gasteiger partial charge is 0.187 e. The molecule has 0 unspecified atom stereocenters. The minimum absolute atomic E-state index is 0.401. The maximum absolute atomic E-state index is 7.36. The topological polar surface area (TPSA) is 30.1 Å². The van der Waals surface area contributed by atoms with Crippen LogP contribution in [0.2, 0.25) is 0 Å². The predicted molar refractivity (Wildman–Crippen MR) is 232 cm³/mol. The third-order valence-electron chi connectivity index (χ3n) is 11.7. The second-order valence-electron chi connectivity index (χ2n) is 14.8. The van der Waals surface area contributed by atoms with Crippen LogP contribution in [0.3, 0.4) is 0 Å². The van der Waals surface area contributed by atoms with Gasteiger partial charge >= 0.3 is 0 Å². The number of nitrogens with zero attached hydrogens (tertiary/aromatic N) is 3. The maximum atomic E-state index is 7.36. The fourth-order valence-corrected chi connectivity index (χ4v) is 9.18. The van der Waals surface area contributed by atoms with Crippen molar-refractivity contribution in [3.63, 3.8) is 0 Å². The van der Waals surface area contributed by atoms with E-state index in [0.29, 0.717) is 11.5 Å². The van der Waals surface area contributed by atoms with Crippen LogP contribution < -0.4 is 0 Å². The molecule has 0 fully saturated rings. The molecule has 11 rings (SSSR count). The maximum Gasteiger partial charge on any atom is 0.187 e. The van der Waals surface area contributed by atoms with Gasteiger partial charge in [0.15, 0.2) is 11.5 Å². The minimum atomic E-state index is -0.401. The molecule has 2 aliphatic rings. The van der Waals surface area contributed by atoms with E-state index in [-0.39, 0.29) is 0 Å². The third-order valence-corrected chi connectivity index (χ3v) is 11.7. The van der Waals surface area contributed by atoms with Gasteiger partial charge in [-0.1, -0.05) is 176 Å². The van der Waals surface area contributed by atoms with E-state index in [2.05, 4.69) is 163 Å². The molecule has 8 aromatic carbocycles. The summed E-state index contributed by atoms with van der Waals surface area (Å²) in [5.74, 6) is 0.670. The Morgan fingerprint density at radius 2 is 0.789 bits per heavy atom. The molecule has 0 amide bonds. The van der Waals surface area contributed by atoms with E-state index >= 15 is 0 Å². The van der Waals surface area contributed by atoms with E-state index in [0.717, 1.165) is 50.3 Å². The summed E-state index contributed by atoms with van der Waals surface area (Å²) in [6, 6.07) is 71.1. The van der Waals surface area contributed by atoms with Gasteiger partial charge < -0.3 is 0 Å². The average molecular weight is 724 g/mol. The molecule has 2 aliphatic carbocycles.